The summed E-state index contributed by atoms with van der Waals surface area (Å²) in [6.45, 7) is 0.939. The number of methoxy groups -OCH3 is 1. The fourth-order valence-electron chi connectivity index (χ4n) is 1.41. The molecule has 6 heteroatoms. The van der Waals surface area contributed by atoms with E-state index in [2.05, 4.69) is 4.29 Å². The first kappa shape index (κ1) is 15.8. The molecule has 5 nitrogen and oxygen atoms in total. The van der Waals surface area contributed by atoms with Gasteiger partial charge in [-0.2, -0.15) is 0 Å². The minimum atomic E-state index is -0.723. The fraction of sp³-hybridized carbons (Fsp3) is 0.462. The maximum Gasteiger partial charge on any atom is 0.508 e. The zero-order valence-corrected chi connectivity index (χ0v) is 11.5. The van der Waals surface area contributed by atoms with E-state index in [1.165, 1.54) is 0 Å². The van der Waals surface area contributed by atoms with Gasteiger partial charge in [0.15, 0.2) is 0 Å². The molecule has 0 aliphatic carbocycles. The van der Waals surface area contributed by atoms with E-state index in [1.54, 1.807) is 7.11 Å². The lowest BCUT2D eigenvalue weighted by molar-refractivity contribution is 0.0183. The van der Waals surface area contributed by atoms with E-state index in [-0.39, 0.29) is 25.7 Å². The van der Waals surface area contributed by atoms with Crippen molar-refractivity contribution >= 4 is 18.0 Å². The topological polar surface area (TPSA) is 54.0 Å². The van der Waals surface area contributed by atoms with Gasteiger partial charge in [0.2, 0.25) is 0 Å². The second-order valence-corrected chi connectivity index (χ2v) is 4.15. The number of carbonyl (C=O) groups is 1. The highest BCUT2D eigenvalue weighted by molar-refractivity contribution is 6.07. The van der Waals surface area contributed by atoms with Gasteiger partial charge in [-0.15, -0.1) is 0 Å². The summed E-state index contributed by atoms with van der Waals surface area (Å²) in [5.74, 6) is -0.119. The Hall–Kier alpha value is -1.30. The summed E-state index contributed by atoms with van der Waals surface area (Å²) >= 11 is 5.16. The van der Waals surface area contributed by atoms with E-state index in [0.29, 0.717) is 6.61 Å². The van der Waals surface area contributed by atoms with Gasteiger partial charge in [0.25, 0.3) is 0 Å². The summed E-state index contributed by atoms with van der Waals surface area (Å²) in [4.78, 5) is 11.4. The number of ether oxygens (including phenoxy) is 3. The molecule has 1 aromatic rings. The second kappa shape index (κ2) is 9.61. The van der Waals surface area contributed by atoms with E-state index in [9.17, 15) is 4.79 Å². The van der Waals surface area contributed by atoms with Crippen molar-refractivity contribution in [3.8, 4) is 0 Å². The smallest absolute Gasteiger partial charge is 0.434 e. The zero-order chi connectivity index (χ0) is 13.9. The third-order valence-corrected chi connectivity index (χ3v) is 2.46. The average Bonchev–Trinajstić information content (AvgIpc) is 2.44. The highest BCUT2D eigenvalue weighted by Gasteiger charge is 2.13. The number of benzene rings is 1. The van der Waals surface area contributed by atoms with Crippen LogP contribution in [-0.4, -0.2) is 33.1 Å². The lowest BCUT2D eigenvalue weighted by Gasteiger charge is -2.14. The highest BCUT2D eigenvalue weighted by atomic mass is 35.5. The Kier molecular flexibility index (Phi) is 7.97. The molecular formula is C13H17ClO5. The van der Waals surface area contributed by atoms with Crippen molar-refractivity contribution in [3.05, 3.63) is 35.9 Å². The van der Waals surface area contributed by atoms with Crippen LogP contribution in [0.5, 0.6) is 0 Å². The Balaban J connectivity index is 2.23. The normalized spacial score (nSPS) is 11.9. The molecule has 0 heterocycles. The molecule has 1 atom stereocenters. The van der Waals surface area contributed by atoms with Gasteiger partial charge in [0, 0.05) is 13.0 Å². The van der Waals surface area contributed by atoms with Gasteiger partial charge in [-0.1, -0.05) is 30.3 Å². The summed E-state index contributed by atoms with van der Waals surface area (Å²) in [6.07, 6.45) is -0.723. The maximum atomic E-state index is 11.4. The molecule has 106 valence electrons. The average molecular weight is 289 g/mol. The minimum Gasteiger partial charge on any atom is -0.434 e. The number of hydrogen-bond acceptors (Lipinski definition) is 5. The van der Waals surface area contributed by atoms with Crippen LogP contribution in [-0.2, 0) is 25.1 Å². The molecule has 0 saturated carbocycles. The van der Waals surface area contributed by atoms with E-state index < -0.39 is 6.16 Å². The Labute approximate surface area is 117 Å². The van der Waals surface area contributed by atoms with E-state index in [0.717, 1.165) is 5.56 Å². The molecule has 1 unspecified atom stereocenters. The van der Waals surface area contributed by atoms with Crippen LogP contribution in [0.15, 0.2) is 30.3 Å². The SMILES string of the molecule is COCC(COCl)COC(=O)OCc1ccccc1. The van der Waals surface area contributed by atoms with Gasteiger partial charge < -0.3 is 14.2 Å². The molecule has 0 aromatic heterocycles. The first-order valence-electron chi connectivity index (χ1n) is 5.82. The number of hydrogen-bond donors (Lipinski definition) is 0. The Morgan fingerprint density at radius 2 is 1.89 bits per heavy atom. The summed E-state index contributed by atoms with van der Waals surface area (Å²) in [5, 5.41) is 0. The van der Waals surface area contributed by atoms with Gasteiger partial charge in [0.05, 0.1) is 25.1 Å². The molecule has 0 saturated heterocycles. The van der Waals surface area contributed by atoms with Crippen molar-refractivity contribution in [1.82, 2.24) is 0 Å². The predicted octanol–water partition coefficient (Wildman–Crippen LogP) is 2.77. The fourth-order valence-corrected chi connectivity index (χ4v) is 1.59. The third kappa shape index (κ3) is 7.00. The molecule has 0 amide bonds. The summed E-state index contributed by atoms with van der Waals surface area (Å²) in [6, 6.07) is 9.36. The standard InChI is InChI=1S/C13H17ClO5/c1-16-7-12(10-19-14)9-18-13(15)17-8-11-5-3-2-4-6-11/h2-6,12H,7-10H2,1H3. The van der Waals surface area contributed by atoms with Crippen LogP contribution >= 0.6 is 11.9 Å². The molecule has 0 aliphatic rings. The molecular weight excluding hydrogens is 272 g/mol. The van der Waals surface area contributed by atoms with Crippen LogP contribution in [0.4, 0.5) is 4.79 Å². The minimum absolute atomic E-state index is 0.119. The van der Waals surface area contributed by atoms with Crippen LogP contribution in [0.1, 0.15) is 5.56 Å². The second-order valence-electron chi connectivity index (χ2n) is 3.93. The number of carbonyl (C=O) groups excluding carboxylic acids is 1. The highest BCUT2D eigenvalue weighted by Crippen LogP contribution is 2.04. The van der Waals surface area contributed by atoms with Crippen LogP contribution in [0.3, 0.4) is 0 Å². The monoisotopic (exact) mass is 288 g/mol. The Morgan fingerprint density at radius 1 is 1.16 bits per heavy atom. The van der Waals surface area contributed by atoms with Crippen molar-refractivity contribution in [1.29, 1.82) is 0 Å². The molecule has 0 fully saturated rings. The third-order valence-electron chi connectivity index (χ3n) is 2.34. The van der Waals surface area contributed by atoms with E-state index >= 15 is 0 Å². The van der Waals surface area contributed by atoms with Gasteiger partial charge in [-0.25, -0.2) is 4.79 Å². The summed E-state index contributed by atoms with van der Waals surface area (Å²) in [7, 11) is 1.55. The Bertz CT molecular complexity index is 351. The molecule has 0 aliphatic heterocycles. The molecule has 19 heavy (non-hydrogen) atoms. The molecule has 0 radical (unpaired) electrons. The van der Waals surface area contributed by atoms with Crippen molar-refractivity contribution in [3.63, 3.8) is 0 Å². The van der Waals surface area contributed by atoms with Crippen LogP contribution < -0.4 is 0 Å². The zero-order valence-electron chi connectivity index (χ0n) is 10.7. The van der Waals surface area contributed by atoms with Gasteiger partial charge in [-0.3, -0.25) is 4.29 Å². The van der Waals surface area contributed by atoms with Crippen LogP contribution in [0.2, 0.25) is 0 Å². The van der Waals surface area contributed by atoms with Crippen LogP contribution in [0.25, 0.3) is 0 Å². The van der Waals surface area contributed by atoms with Gasteiger partial charge in [-0.05, 0) is 5.56 Å². The molecule has 1 aromatic carbocycles. The van der Waals surface area contributed by atoms with Crippen molar-refractivity contribution < 1.29 is 23.3 Å². The molecule has 0 bridgehead atoms. The summed E-state index contributed by atoms with van der Waals surface area (Å²) < 4.78 is 19.3. The maximum absolute atomic E-state index is 11.4. The van der Waals surface area contributed by atoms with E-state index in [1.807, 2.05) is 30.3 Å². The van der Waals surface area contributed by atoms with Crippen molar-refractivity contribution in [2.75, 3.05) is 26.9 Å². The first-order chi connectivity index (χ1) is 9.26. The molecule has 0 N–H and O–H groups in total. The lowest BCUT2D eigenvalue weighted by atomic mass is 10.2. The van der Waals surface area contributed by atoms with Gasteiger partial charge >= 0.3 is 6.16 Å². The largest absolute Gasteiger partial charge is 0.508 e. The molecule has 0 spiro atoms. The van der Waals surface area contributed by atoms with Crippen molar-refractivity contribution in [2.24, 2.45) is 5.92 Å². The predicted molar refractivity (Wildman–Crippen MR) is 69.8 cm³/mol. The summed E-state index contributed by atoms with van der Waals surface area (Å²) in [5.41, 5.74) is 0.900. The number of halogens is 1. The lowest BCUT2D eigenvalue weighted by Crippen LogP contribution is -2.22. The first-order valence-corrected chi connectivity index (χ1v) is 6.13. The number of rotatable bonds is 8. The van der Waals surface area contributed by atoms with Gasteiger partial charge in [0.1, 0.15) is 13.2 Å². The Morgan fingerprint density at radius 3 is 2.53 bits per heavy atom. The van der Waals surface area contributed by atoms with Crippen molar-refractivity contribution in [2.45, 2.75) is 6.61 Å². The van der Waals surface area contributed by atoms with E-state index in [4.69, 9.17) is 26.1 Å². The quantitative estimate of drug-likeness (QED) is 0.689. The molecule has 1 rings (SSSR count). The van der Waals surface area contributed by atoms with Crippen LogP contribution in [0, 0.1) is 5.92 Å².